The van der Waals surface area contributed by atoms with Crippen LogP contribution in [0.15, 0.2) is 60.9 Å². The van der Waals surface area contributed by atoms with E-state index in [-0.39, 0.29) is 11.8 Å². The number of carbonyl (C=O) groups excluding carboxylic acids is 2. The van der Waals surface area contributed by atoms with Gasteiger partial charge >= 0.3 is 0 Å². The zero-order valence-electron chi connectivity index (χ0n) is 16.7. The van der Waals surface area contributed by atoms with Crippen LogP contribution in [0.4, 0.5) is 5.69 Å². The van der Waals surface area contributed by atoms with Gasteiger partial charge in [0.25, 0.3) is 0 Å². The van der Waals surface area contributed by atoms with Gasteiger partial charge in [0.2, 0.25) is 11.8 Å². The second-order valence-corrected chi connectivity index (χ2v) is 7.02. The standard InChI is InChI=1S/C23H22N4O3/c1-14(28)26-20(12-15-13-25-18-8-4-3-6-16(15)18)23(29)27-19-9-10-21(30-2)22-17(19)7-5-11-24-22/h3-11,13,20,25H,12H2,1-2H3,(H,26,28)(H,27,29). The molecule has 0 aliphatic rings. The highest BCUT2D eigenvalue weighted by Crippen LogP contribution is 2.30. The van der Waals surface area contributed by atoms with E-state index < -0.39 is 6.04 Å². The number of para-hydroxylation sites is 1. The number of fused-ring (bicyclic) bond motifs is 2. The molecular weight excluding hydrogens is 380 g/mol. The smallest absolute Gasteiger partial charge is 0.247 e. The van der Waals surface area contributed by atoms with Crippen LogP contribution in [0, 0.1) is 0 Å². The molecule has 0 bridgehead atoms. The van der Waals surface area contributed by atoms with Gasteiger partial charge in [-0.2, -0.15) is 0 Å². The lowest BCUT2D eigenvalue weighted by Gasteiger charge is -2.18. The zero-order valence-corrected chi connectivity index (χ0v) is 16.7. The Morgan fingerprint density at radius 3 is 2.70 bits per heavy atom. The average molecular weight is 402 g/mol. The maximum absolute atomic E-state index is 13.1. The van der Waals surface area contributed by atoms with Crippen LogP contribution in [0.5, 0.6) is 5.75 Å². The molecule has 4 aromatic rings. The number of rotatable bonds is 6. The number of carbonyl (C=O) groups is 2. The van der Waals surface area contributed by atoms with E-state index in [0.29, 0.717) is 23.4 Å². The maximum atomic E-state index is 13.1. The molecule has 30 heavy (non-hydrogen) atoms. The van der Waals surface area contributed by atoms with E-state index in [2.05, 4.69) is 20.6 Å². The van der Waals surface area contributed by atoms with Crippen LogP contribution in [0.1, 0.15) is 12.5 Å². The first-order chi connectivity index (χ1) is 14.6. The largest absolute Gasteiger partial charge is 0.494 e. The summed E-state index contributed by atoms with van der Waals surface area (Å²) in [5, 5.41) is 7.50. The summed E-state index contributed by atoms with van der Waals surface area (Å²) in [6.07, 6.45) is 3.91. The number of H-pyrrole nitrogens is 1. The van der Waals surface area contributed by atoms with Gasteiger partial charge in [-0.15, -0.1) is 0 Å². The van der Waals surface area contributed by atoms with Crippen LogP contribution >= 0.6 is 0 Å². The number of amides is 2. The molecular formula is C23H22N4O3. The number of hydrogen-bond donors (Lipinski definition) is 3. The van der Waals surface area contributed by atoms with E-state index >= 15 is 0 Å². The van der Waals surface area contributed by atoms with Crippen LogP contribution in [0.25, 0.3) is 21.8 Å². The Labute approximate surface area is 173 Å². The van der Waals surface area contributed by atoms with Crippen LogP contribution in [0.2, 0.25) is 0 Å². The van der Waals surface area contributed by atoms with Crippen molar-refractivity contribution in [2.75, 3.05) is 12.4 Å². The first-order valence-corrected chi connectivity index (χ1v) is 9.61. The van der Waals surface area contributed by atoms with Crippen molar-refractivity contribution in [3.63, 3.8) is 0 Å². The molecule has 0 fully saturated rings. The number of nitrogens with zero attached hydrogens (tertiary/aromatic N) is 1. The van der Waals surface area contributed by atoms with Gasteiger partial charge < -0.3 is 20.4 Å². The summed E-state index contributed by atoms with van der Waals surface area (Å²) in [4.78, 5) is 32.5. The quantitative estimate of drug-likeness (QED) is 0.460. The van der Waals surface area contributed by atoms with Crippen molar-refractivity contribution in [2.45, 2.75) is 19.4 Å². The molecule has 2 amide bonds. The maximum Gasteiger partial charge on any atom is 0.247 e. The molecule has 7 nitrogen and oxygen atoms in total. The monoisotopic (exact) mass is 402 g/mol. The Balaban J connectivity index is 1.63. The predicted molar refractivity (Wildman–Crippen MR) is 117 cm³/mol. The fourth-order valence-corrected chi connectivity index (χ4v) is 3.62. The lowest BCUT2D eigenvalue weighted by Crippen LogP contribution is -2.44. The molecule has 0 radical (unpaired) electrons. The zero-order chi connectivity index (χ0) is 21.1. The van der Waals surface area contributed by atoms with Gasteiger partial charge in [-0.25, -0.2) is 0 Å². The molecule has 0 saturated heterocycles. The summed E-state index contributed by atoms with van der Waals surface area (Å²) in [6.45, 7) is 1.40. The SMILES string of the molecule is COc1ccc(NC(=O)C(Cc2c[nH]c3ccccc23)NC(C)=O)c2cccnc12. The number of methoxy groups -OCH3 is 1. The molecule has 4 rings (SSSR count). The Morgan fingerprint density at radius 2 is 1.90 bits per heavy atom. The summed E-state index contributed by atoms with van der Waals surface area (Å²) in [7, 11) is 1.58. The van der Waals surface area contributed by atoms with Gasteiger partial charge in [-0.1, -0.05) is 18.2 Å². The third-order valence-electron chi connectivity index (χ3n) is 5.00. The summed E-state index contributed by atoms with van der Waals surface area (Å²) in [5.74, 6) is 0.0582. The highest BCUT2D eigenvalue weighted by Gasteiger charge is 2.22. The Kier molecular flexibility index (Phi) is 5.34. The van der Waals surface area contributed by atoms with Crippen LogP contribution in [0.3, 0.4) is 0 Å². The third kappa shape index (κ3) is 3.82. The lowest BCUT2D eigenvalue weighted by atomic mass is 10.0. The summed E-state index contributed by atoms with van der Waals surface area (Å²) in [6, 6.07) is 14.3. The minimum absolute atomic E-state index is 0.267. The fraction of sp³-hybridized carbons (Fsp3) is 0.174. The van der Waals surface area contributed by atoms with Gasteiger partial charge in [0.1, 0.15) is 17.3 Å². The summed E-state index contributed by atoms with van der Waals surface area (Å²) < 4.78 is 5.36. The molecule has 7 heteroatoms. The molecule has 0 aliphatic heterocycles. The molecule has 152 valence electrons. The number of nitrogens with one attached hydrogen (secondary N) is 3. The second-order valence-electron chi connectivity index (χ2n) is 7.02. The van der Waals surface area contributed by atoms with Crippen LogP contribution in [-0.4, -0.2) is 34.9 Å². The normalized spacial score (nSPS) is 11.9. The van der Waals surface area contributed by atoms with Gasteiger partial charge in [0.05, 0.1) is 12.8 Å². The first kappa shape index (κ1) is 19.4. The third-order valence-corrected chi connectivity index (χ3v) is 5.00. The molecule has 0 spiro atoms. The van der Waals surface area contributed by atoms with Crippen molar-refractivity contribution in [1.29, 1.82) is 0 Å². The Morgan fingerprint density at radius 1 is 1.10 bits per heavy atom. The number of benzene rings is 2. The topological polar surface area (TPSA) is 96.1 Å². The first-order valence-electron chi connectivity index (χ1n) is 9.61. The van der Waals surface area contributed by atoms with Gasteiger partial charge in [0, 0.05) is 42.0 Å². The van der Waals surface area contributed by atoms with Crippen molar-refractivity contribution >= 4 is 39.3 Å². The second kappa shape index (κ2) is 8.24. The number of anilines is 1. The van der Waals surface area contributed by atoms with E-state index in [1.54, 1.807) is 31.5 Å². The molecule has 2 heterocycles. The van der Waals surface area contributed by atoms with Gasteiger partial charge in [-0.3, -0.25) is 14.6 Å². The minimum Gasteiger partial charge on any atom is -0.494 e. The number of pyridine rings is 1. The predicted octanol–water partition coefficient (Wildman–Crippen LogP) is 3.41. The van der Waals surface area contributed by atoms with Crippen LogP contribution < -0.4 is 15.4 Å². The molecule has 2 aromatic carbocycles. The van der Waals surface area contributed by atoms with Crippen molar-refractivity contribution in [3.8, 4) is 5.75 Å². The molecule has 0 saturated carbocycles. The number of aromatic amines is 1. The summed E-state index contributed by atoms with van der Waals surface area (Å²) >= 11 is 0. The summed E-state index contributed by atoms with van der Waals surface area (Å²) in [5.41, 5.74) is 3.21. The van der Waals surface area contributed by atoms with Crippen LogP contribution in [-0.2, 0) is 16.0 Å². The molecule has 2 aromatic heterocycles. The molecule has 3 N–H and O–H groups in total. The highest BCUT2D eigenvalue weighted by atomic mass is 16.5. The molecule has 0 aliphatic carbocycles. The fourth-order valence-electron chi connectivity index (χ4n) is 3.62. The number of ether oxygens (including phenoxy) is 1. The van der Waals surface area contributed by atoms with Gasteiger partial charge in [0.15, 0.2) is 0 Å². The van der Waals surface area contributed by atoms with Crippen molar-refractivity contribution in [2.24, 2.45) is 0 Å². The van der Waals surface area contributed by atoms with Gasteiger partial charge in [-0.05, 0) is 35.9 Å². The van der Waals surface area contributed by atoms with Crippen molar-refractivity contribution in [1.82, 2.24) is 15.3 Å². The average Bonchev–Trinajstić information content (AvgIpc) is 3.16. The molecule has 1 unspecified atom stereocenters. The number of hydrogen-bond acceptors (Lipinski definition) is 4. The van der Waals surface area contributed by atoms with Crippen molar-refractivity contribution < 1.29 is 14.3 Å². The van der Waals surface area contributed by atoms with E-state index in [4.69, 9.17) is 4.74 Å². The van der Waals surface area contributed by atoms with E-state index in [9.17, 15) is 9.59 Å². The Bertz CT molecular complexity index is 1230. The van der Waals surface area contributed by atoms with E-state index in [1.807, 2.05) is 36.5 Å². The van der Waals surface area contributed by atoms with E-state index in [1.165, 1.54) is 6.92 Å². The highest BCUT2D eigenvalue weighted by molar-refractivity contribution is 6.05. The lowest BCUT2D eigenvalue weighted by molar-refractivity contribution is -0.125. The minimum atomic E-state index is -0.726. The molecule has 1 atom stereocenters. The van der Waals surface area contributed by atoms with E-state index in [0.717, 1.165) is 21.9 Å². The van der Waals surface area contributed by atoms with Crippen molar-refractivity contribution in [3.05, 3.63) is 66.5 Å². The Hall–Kier alpha value is -3.87. The number of aromatic nitrogens is 2.